The molecule has 118 valence electrons. The number of rotatable bonds is 8. The summed E-state index contributed by atoms with van der Waals surface area (Å²) < 4.78 is 2.18. The molecule has 1 aliphatic carbocycles. The van der Waals surface area contributed by atoms with Crippen LogP contribution in [0.5, 0.6) is 0 Å². The lowest BCUT2D eigenvalue weighted by atomic mass is 9.84. The Bertz CT molecular complexity index is 472. The number of carboxylic acids is 1. The van der Waals surface area contributed by atoms with Crippen LogP contribution >= 0.6 is 0 Å². The number of aliphatic carboxylic acids is 1. The van der Waals surface area contributed by atoms with Gasteiger partial charge in [0.2, 0.25) is 0 Å². The molecule has 21 heavy (non-hydrogen) atoms. The lowest BCUT2D eigenvalue weighted by Gasteiger charge is -2.32. The molecule has 0 aromatic carbocycles. The second-order valence-electron chi connectivity index (χ2n) is 5.97. The first-order valence-electron chi connectivity index (χ1n) is 8.12. The van der Waals surface area contributed by atoms with E-state index in [1.165, 1.54) is 0 Å². The van der Waals surface area contributed by atoms with Gasteiger partial charge in [0.1, 0.15) is 11.4 Å². The molecule has 2 unspecified atom stereocenters. The normalized spacial score (nSPS) is 25.3. The van der Waals surface area contributed by atoms with E-state index in [1.807, 2.05) is 19.3 Å². The van der Waals surface area contributed by atoms with Gasteiger partial charge in [0, 0.05) is 25.4 Å². The van der Waals surface area contributed by atoms with Crippen LogP contribution in [-0.2, 0) is 17.8 Å². The molecule has 0 aliphatic heterocycles. The minimum Gasteiger partial charge on any atom is -0.480 e. The zero-order valence-electron chi connectivity index (χ0n) is 13.1. The second-order valence-corrected chi connectivity index (χ2v) is 5.97. The maximum Gasteiger partial charge on any atom is 0.324 e. The molecule has 0 amide bonds. The number of hydrogen-bond acceptors (Lipinski definition) is 3. The Morgan fingerprint density at radius 3 is 3.05 bits per heavy atom. The minimum absolute atomic E-state index is 0.201. The fourth-order valence-electron chi connectivity index (χ4n) is 3.66. The van der Waals surface area contributed by atoms with Crippen molar-refractivity contribution in [3.05, 3.63) is 18.2 Å². The lowest BCUT2D eigenvalue weighted by Crippen LogP contribution is -2.54. The summed E-state index contributed by atoms with van der Waals surface area (Å²) in [6.45, 7) is 5.70. The topological polar surface area (TPSA) is 67.2 Å². The summed E-state index contributed by atoms with van der Waals surface area (Å²) >= 11 is 0. The zero-order chi connectivity index (χ0) is 15.3. The molecule has 0 spiro atoms. The van der Waals surface area contributed by atoms with Crippen LogP contribution in [0, 0.1) is 5.92 Å². The number of hydrogen-bond donors (Lipinski definition) is 2. The van der Waals surface area contributed by atoms with E-state index in [4.69, 9.17) is 0 Å². The van der Waals surface area contributed by atoms with Gasteiger partial charge in [0.05, 0.1) is 0 Å². The van der Waals surface area contributed by atoms with E-state index in [1.54, 1.807) is 0 Å². The number of likely N-dealkylation sites (N-methyl/N-ethyl adjacent to an activating group) is 1. The molecular weight excluding hydrogens is 266 g/mol. The first-order chi connectivity index (χ1) is 10.1. The molecule has 1 saturated carbocycles. The molecule has 1 aromatic heterocycles. The first-order valence-corrected chi connectivity index (χ1v) is 8.12. The van der Waals surface area contributed by atoms with E-state index in [9.17, 15) is 9.90 Å². The Kier molecular flexibility index (Phi) is 5.39. The molecule has 0 radical (unpaired) electrons. The van der Waals surface area contributed by atoms with Crippen LogP contribution in [0.25, 0.3) is 0 Å². The van der Waals surface area contributed by atoms with Gasteiger partial charge < -0.3 is 15.0 Å². The van der Waals surface area contributed by atoms with Crippen LogP contribution in [0.4, 0.5) is 0 Å². The van der Waals surface area contributed by atoms with Crippen LogP contribution in [0.2, 0.25) is 0 Å². The molecule has 2 atom stereocenters. The van der Waals surface area contributed by atoms with Gasteiger partial charge in [0.25, 0.3) is 0 Å². The molecule has 1 aliphatic rings. The number of nitrogens with one attached hydrogen (secondary N) is 1. The average molecular weight is 293 g/mol. The van der Waals surface area contributed by atoms with Crippen LogP contribution in [-0.4, -0.2) is 32.7 Å². The minimum atomic E-state index is -0.722. The monoisotopic (exact) mass is 293 g/mol. The summed E-state index contributed by atoms with van der Waals surface area (Å²) in [4.78, 5) is 16.2. The summed E-state index contributed by atoms with van der Waals surface area (Å²) in [5.74, 6) is 0.623. The molecule has 1 fully saturated rings. The Morgan fingerprint density at radius 1 is 1.57 bits per heavy atom. The van der Waals surface area contributed by atoms with Gasteiger partial charge in [-0.1, -0.05) is 20.3 Å². The van der Waals surface area contributed by atoms with Gasteiger partial charge in [-0.15, -0.1) is 0 Å². The quantitative estimate of drug-likeness (QED) is 0.772. The number of aromatic nitrogens is 2. The van der Waals surface area contributed by atoms with E-state index in [0.717, 1.165) is 50.9 Å². The van der Waals surface area contributed by atoms with Crippen molar-refractivity contribution in [3.63, 3.8) is 0 Å². The smallest absolute Gasteiger partial charge is 0.324 e. The largest absolute Gasteiger partial charge is 0.480 e. The summed E-state index contributed by atoms with van der Waals surface area (Å²) in [5.41, 5.74) is -0.722. The molecule has 5 heteroatoms. The number of imidazole rings is 1. The third-order valence-electron chi connectivity index (χ3n) is 4.69. The summed E-state index contributed by atoms with van der Waals surface area (Å²) in [6, 6.07) is 0. The predicted octanol–water partition coefficient (Wildman–Crippen LogP) is 2.46. The number of aryl methyl sites for hydroxylation is 2. The van der Waals surface area contributed by atoms with Crippen LogP contribution in [0.3, 0.4) is 0 Å². The zero-order valence-corrected chi connectivity index (χ0v) is 13.1. The number of carboxylic acid groups (broad SMARTS) is 1. The maximum absolute atomic E-state index is 11.8. The molecular formula is C16H27N3O2. The Balaban J connectivity index is 2.04. The first kappa shape index (κ1) is 16.0. The molecule has 0 saturated heterocycles. The van der Waals surface area contributed by atoms with Crippen molar-refractivity contribution in [2.24, 2.45) is 5.92 Å². The number of nitrogens with zero attached hydrogens (tertiary/aromatic N) is 2. The van der Waals surface area contributed by atoms with Gasteiger partial charge in [-0.3, -0.25) is 4.79 Å². The highest BCUT2D eigenvalue weighted by Crippen LogP contribution is 2.38. The van der Waals surface area contributed by atoms with Crippen molar-refractivity contribution >= 4 is 5.97 Å². The van der Waals surface area contributed by atoms with Gasteiger partial charge in [-0.2, -0.15) is 0 Å². The Labute approximate surface area is 126 Å². The molecule has 5 nitrogen and oxygen atoms in total. The lowest BCUT2D eigenvalue weighted by molar-refractivity contribution is -0.146. The van der Waals surface area contributed by atoms with Crippen molar-refractivity contribution in [2.75, 3.05) is 6.54 Å². The van der Waals surface area contributed by atoms with E-state index in [-0.39, 0.29) is 5.92 Å². The highest BCUT2D eigenvalue weighted by atomic mass is 16.4. The summed E-state index contributed by atoms with van der Waals surface area (Å²) in [5, 5.41) is 12.9. The van der Waals surface area contributed by atoms with E-state index in [2.05, 4.69) is 21.8 Å². The molecule has 0 bridgehead atoms. The van der Waals surface area contributed by atoms with Gasteiger partial charge >= 0.3 is 5.97 Å². The standard InChI is InChI=1S/C16H27N3O2/c1-3-6-14-17-10-12-19(14)11-8-13-7-5-9-16(13,15(20)21)18-4-2/h10,12-13,18H,3-9,11H2,1-2H3,(H,20,21). The highest BCUT2D eigenvalue weighted by Gasteiger charge is 2.48. The third kappa shape index (κ3) is 3.28. The van der Waals surface area contributed by atoms with Crippen molar-refractivity contribution in [1.82, 2.24) is 14.9 Å². The van der Waals surface area contributed by atoms with Crippen LogP contribution in [0.1, 0.15) is 51.8 Å². The van der Waals surface area contributed by atoms with E-state index < -0.39 is 11.5 Å². The fraction of sp³-hybridized carbons (Fsp3) is 0.750. The molecule has 2 rings (SSSR count). The number of carbonyl (C=O) groups is 1. The summed E-state index contributed by atoms with van der Waals surface area (Å²) in [7, 11) is 0. The summed E-state index contributed by atoms with van der Waals surface area (Å²) in [6.07, 6.45) is 9.54. The van der Waals surface area contributed by atoms with Gasteiger partial charge in [0.15, 0.2) is 0 Å². The SMILES string of the molecule is CCCc1nccn1CCC1CCCC1(NCC)C(=O)O. The van der Waals surface area contributed by atoms with E-state index >= 15 is 0 Å². The average Bonchev–Trinajstić information content (AvgIpc) is 3.05. The van der Waals surface area contributed by atoms with Crippen LogP contribution < -0.4 is 5.32 Å². The Morgan fingerprint density at radius 2 is 2.38 bits per heavy atom. The maximum atomic E-state index is 11.8. The van der Waals surface area contributed by atoms with Crippen molar-refractivity contribution < 1.29 is 9.90 Å². The van der Waals surface area contributed by atoms with Gasteiger partial charge in [-0.25, -0.2) is 4.98 Å². The molecule has 1 aromatic rings. The van der Waals surface area contributed by atoms with Crippen molar-refractivity contribution in [2.45, 2.75) is 64.5 Å². The van der Waals surface area contributed by atoms with Crippen molar-refractivity contribution in [3.8, 4) is 0 Å². The molecule has 2 N–H and O–H groups in total. The van der Waals surface area contributed by atoms with Crippen LogP contribution in [0.15, 0.2) is 12.4 Å². The Hall–Kier alpha value is -1.36. The van der Waals surface area contributed by atoms with Gasteiger partial charge in [-0.05, 0) is 38.1 Å². The van der Waals surface area contributed by atoms with E-state index in [0.29, 0.717) is 6.54 Å². The van der Waals surface area contributed by atoms with Crippen molar-refractivity contribution in [1.29, 1.82) is 0 Å². The fourth-order valence-corrected chi connectivity index (χ4v) is 3.66. The highest BCUT2D eigenvalue weighted by molar-refractivity contribution is 5.79. The second kappa shape index (κ2) is 7.07. The molecule has 1 heterocycles. The third-order valence-corrected chi connectivity index (χ3v) is 4.69. The predicted molar refractivity (Wildman–Crippen MR) is 82.2 cm³/mol.